The van der Waals surface area contributed by atoms with Crippen molar-refractivity contribution in [3.05, 3.63) is 96.3 Å². The van der Waals surface area contributed by atoms with Gasteiger partial charge in [-0.05, 0) is 49.2 Å². The zero-order valence-corrected chi connectivity index (χ0v) is 17.1. The van der Waals surface area contributed by atoms with Crippen LogP contribution in [0.4, 0.5) is 20.6 Å². The van der Waals surface area contributed by atoms with Crippen molar-refractivity contribution in [3.8, 4) is 0 Å². The molecule has 3 aromatic carbocycles. The molecule has 0 aliphatic carbocycles. The average molecular weight is 417 g/mol. The second-order valence-electron chi connectivity index (χ2n) is 7.50. The van der Waals surface area contributed by atoms with Gasteiger partial charge in [0.15, 0.2) is 0 Å². The lowest BCUT2D eigenvalue weighted by Gasteiger charge is -2.36. The monoisotopic (exact) mass is 417 g/mol. The van der Waals surface area contributed by atoms with E-state index in [0.29, 0.717) is 25.9 Å². The number of nitrogens with zero attached hydrogens (tertiary/aromatic N) is 2. The van der Waals surface area contributed by atoms with Crippen LogP contribution in [-0.2, 0) is 0 Å². The van der Waals surface area contributed by atoms with E-state index in [-0.39, 0.29) is 17.6 Å². The summed E-state index contributed by atoms with van der Waals surface area (Å²) in [6.45, 7) is 1.02. The smallest absolute Gasteiger partial charge is 0.329 e. The Morgan fingerprint density at radius 3 is 1.87 bits per heavy atom. The van der Waals surface area contributed by atoms with Crippen LogP contribution in [0.5, 0.6) is 0 Å². The molecule has 0 atom stereocenters. The van der Waals surface area contributed by atoms with Gasteiger partial charge in [0.2, 0.25) is 0 Å². The molecule has 4 rings (SSSR count). The quantitative estimate of drug-likeness (QED) is 0.651. The maximum Gasteiger partial charge on any atom is 0.329 e. The third-order valence-corrected chi connectivity index (χ3v) is 5.44. The molecule has 0 radical (unpaired) electrons. The number of amides is 3. The minimum atomic E-state index is -0.533. The molecule has 5 nitrogen and oxygen atoms in total. The summed E-state index contributed by atoms with van der Waals surface area (Å²) in [5.41, 5.74) is 1.64. The van der Waals surface area contributed by atoms with Crippen LogP contribution in [0.15, 0.2) is 84.9 Å². The Balaban J connectivity index is 1.43. The van der Waals surface area contributed by atoms with Crippen LogP contribution in [0.1, 0.15) is 23.2 Å². The number of anilines is 2. The molecule has 1 aliphatic heterocycles. The number of urea groups is 1. The Labute approximate surface area is 181 Å². The van der Waals surface area contributed by atoms with E-state index in [1.54, 1.807) is 21.9 Å². The number of halogens is 1. The molecular weight excluding hydrogens is 393 g/mol. The van der Waals surface area contributed by atoms with Crippen LogP contribution >= 0.6 is 0 Å². The number of carbonyl (C=O) groups excluding carboxylic acids is 2. The Morgan fingerprint density at radius 1 is 0.806 bits per heavy atom. The molecule has 0 saturated carbocycles. The predicted octanol–water partition coefficient (Wildman–Crippen LogP) is 4.98. The molecular formula is C25H24FN3O2. The van der Waals surface area contributed by atoms with Gasteiger partial charge >= 0.3 is 6.03 Å². The van der Waals surface area contributed by atoms with Gasteiger partial charge < -0.3 is 10.2 Å². The lowest BCUT2D eigenvalue weighted by atomic mass is 10.0. The lowest BCUT2D eigenvalue weighted by Crippen LogP contribution is -2.49. The molecule has 0 aromatic heterocycles. The van der Waals surface area contributed by atoms with E-state index in [4.69, 9.17) is 0 Å². The van der Waals surface area contributed by atoms with Crippen LogP contribution in [-0.4, -0.2) is 36.0 Å². The second-order valence-corrected chi connectivity index (χ2v) is 7.50. The normalized spacial score (nSPS) is 14.2. The third kappa shape index (κ3) is 4.74. The molecule has 0 unspecified atom stereocenters. The lowest BCUT2D eigenvalue weighted by molar-refractivity contribution is 0.0915. The highest BCUT2D eigenvalue weighted by Crippen LogP contribution is 2.27. The molecule has 1 fully saturated rings. The zero-order chi connectivity index (χ0) is 21.6. The Bertz CT molecular complexity index is 995. The third-order valence-electron chi connectivity index (χ3n) is 5.44. The average Bonchev–Trinajstić information content (AvgIpc) is 2.81. The highest BCUT2D eigenvalue weighted by Gasteiger charge is 2.29. The van der Waals surface area contributed by atoms with E-state index >= 15 is 0 Å². The maximum absolute atomic E-state index is 13.9. The van der Waals surface area contributed by atoms with E-state index in [0.717, 1.165) is 11.4 Å². The first-order chi connectivity index (χ1) is 15.1. The summed E-state index contributed by atoms with van der Waals surface area (Å²) in [6, 6.07) is 24.8. The second kappa shape index (κ2) is 9.43. The molecule has 0 spiro atoms. The van der Waals surface area contributed by atoms with Gasteiger partial charge in [0.25, 0.3) is 5.91 Å². The topological polar surface area (TPSA) is 52.7 Å². The van der Waals surface area contributed by atoms with Crippen LogP contribution in [0, 0.1) is 5.82 Å². The molecule has 1 aliphatic rings. The Hall–Kier alpha value is -3.67. The van der Waals surface area contributed by atoms with Gasteiger partial charge in [-0.15, -0.1) is 0 Å². The number of rotatable bonds is 4. The summed E-state index contributed by atoms with van der Waals surface area (Å²) < 4.78 is 13.9. The van der Waals surface area contributed by atoms with Gasteiger partial charge in [-0.1, -0.05) is 48.5 Å². The van der Waals surface area contributed by atoms with E-state index in [9.17, 15) is 14.0 Å². The van der Waals surface area contributed by atoms with Crippen molar-refractivity contribution in [1.82, 2.24) is 10.2 Å². The molecule has 0 bridgehead atoms. The summed E-state index contributed by atoms with van der Waals surface area (Å²) in [5, 5.41) is 2.90. The molecule has 31 heavy (non-hydrogen) atoms. The number of carbonyl (C=O) groups is 2. The Kier molecular flexibility index (Phi) is 6.26. The SMILES string of the molecule is O=C(NC1CCN(C(=O)N(c2ccccc2)c2ccccc2)CC1)c1ccccc1F. The summed E-state index contributed by atoms with van der Waals surface area (Å²) >= 11 is 0. The standard InChI is InChI=1S/C25H24FN3O2/c26-23-14-8-7-13-22(23)24(30)27-19-15-17-28(18-16-19)25(31)29(20-9-3-1-4-10-20)21-11-5-2-6-12-21/h1-14,19H,15-18H2,(H,27,30). The number of para-hydroxylation sites is 2. The summed E-state index contributed by atoms with van der Waals surface area (Å²) in [6.07, 6.45) is 1.23. The number of benzene rings is 3. The van der Waals surface area contributed by atoms with Crippen molar-refractivity contribution in [1.29, 1.82) is 0 Å². The van der Waals surface area contributed by atoms with E-state index < -0.39 is 11.7 Å². The summed E-state index contributed by atoms with van der Waals surface area (Å²) in [7, 11) is 0. The number of hydrogen-bond donors (Lipinski definition) is 1. The maximum atomic E-state index is 13.9. The molecule has 3 amide bonds. The van der Waals surface area contributed by atoms with Gasteiger partial charge in [-0.3, -0.25) is 9.69 Å². The van der Waals surface area contributed by atoms with Crippen LogP contribution in [0.25, 0.3) is 0 Å². The van der Waals surface area contributed by atoms with Crippen molar-refractivity contribution >= 4 is 23.3 Å². The predicted molar refractivity (Wildman–Crippen MR) is 119 cm³/mol. The molecule has 3 aromatic rings. The van der Waals surface area contributed by atoms with Crippen molar-refractivity contribution in [2.45, 2.75) is 18.9 Å². The zero-order valence-electron chi connectivity index (χ0n) is 17.1. The van der Waals surface area contributed by atoms with Gasteiger partial charge in [0.05, 0.1) is 16.9 Å². The van der Waals surface area contributed by atoms with Crippen LogP contribution in [0.2, 0.25) is 0 Å². The fourth-order valence-corrected chi connectivity index (χ4v) is 3.79. The van der Waals surface area contributed by atoms with Crippen LogP contribution < -0.4 is 10.2 Å². The summed E-state index contributed by atoms with van der Waals surface area (Å²) in [5.74, 6) is -0.952. The number of nitrogens with one attached hydrogen (secondary N) is 1. The van der Waals surface area contributed by atoms with Crippen molar-refractivity contribution in [2.24, 2.45) is 0 Å². The minimum Gasteiger partial charge on any atom is -0.349 e. The highest BCUT2D eigenvalue weighted by molar-refractivity contribution is 5.99. The molecule has 1 saturated heterocycles. The van der Waals surface area contributed by atoms with Gasteiger partial charge in [0.1, 0.15) is 5.82 Å². The largest absolute Gasteiger partial charge is 0.349 e. The molecule has 1 heterocycles. The Morgan fingerprint density at radius 2 is 1.32 bits per heavy atom. The van der Waals surface area contributed by atoms with Crippen molar-refractivity contribution < 1.29 is 14.0 Å². The summed E-state index contributed by atoms with van der Waals surface area (Å²) in [4.78, 5) is 29.3. The molecule has 6 heteroatoms. The number of piperidine rings is 1. The van der Waals surface area contributed by atoms with Crippen molar-refractivity contribution in [2.75, 3.05) is 18.0 Å². The number of hydrogen-bond acceptors (Lipinski definition) is 2. The minimum absolute atomic E-state index is 0.0420. The number of likely N-dealkylation sites (tertiary alicyclic amines) is 1. The van der Waals surface area contributed by atoms with E-state index in [1.165, 1.54) is 12.1 Å². The highest BCUT2D eigenvalue weighted by atomic mass is 19.1. The molecule has 1 N–H and O–H groups in total. The van der Waals surface area contributed by atoms with E-state index in [1.807, 2.05) is 60.7 Å². The van der Waals surface area contributed by atoms with E-state index in [2.05, 4.69) is 5.32 Å². The van der Waals surface area contributed by atoms with Gasteiger partial charge in [-0.25, -0.2) is 9.18 Å². The first kappa shape index (κ1) is 20.6. The first-order valence-electron chi connectivity index (χ1n) is 10.4. The van der Waals surface area contributed by atoms with Crippen LogP contribution in [0.3, 0.4) is 0 Å². The fraction of sp³-hybridized carbons (Fsp3) is 0.200. The van der Waals surface area contributed by atoms with Gasteiger partial charge in [-0.2, -0.15) is 0 Å². The van der Waals surface area contributed by atoms with Gasteiger partial charge in [0, 0.05) is 19.1 Å². The van der Waals surface area contributed by atoms with Crippen molar-refractivity contribution in [3.63, 3.8) is 0 Å². The first-order valence-corrected chi connectivity index (χ1v) is 10.4. The molecule has 158 valence electrons. The fourth-order valence-electron chi connectivity index (χ4n) is 3.79.